The maximum atomic E-state index is 12.8. The predicted octanol–water partition coefficient (Wildman–Crippen LogP) is 4.62. The molecule has 0 radical (unpaired) electrons. The highest BCUT2D eigenvalue weighted by Crippen LogP contribution is 2.31. The third kappa shape index (κ3) is 5.36. The Balaban J connectivity index is 1.65. The highest BCUT2D eigenvalue weighted by molar-refractivity contribution is 5.95. The molecule has 0 aromatic heterocycles. The van der Waals surface area contributed by atoms with Gasteiger partial charge in [0.2, 0.25) is 0 Å². The Hall–Kier alpha value is -3.50. The van der Waals surface area contributed by atoms with E-state index in [1.807, 2.05) is 0 Å². The molecule has 1 atom stereocenters. The molecule has 164 valence electrons. The van der Waals surface area contributed by atoms with Gasteiger partial charge in [-0.25, -0.2) is 0 Å². The summed E-state index contributed by atoms with van der Waals surface area (Å²) in [5.41, 5.74) is -1.38. The van der Waals surface area contributed by atoms with Crippen molar-refractivity contribution in [2.24, 2.45) is 5.92 Å². The Morgan fingerprint density at radius 2 is 1.71 bits per heavy atom. The number of likely N-dealkylation sites (tertiary alicyclic amines) is 1. The fraction of sp³-hybridized carbons (Fsp3) is 0.350. The molecule has 0 spiro atoms. The van der Waals surface area contributed by atoms with Gasteiger partial charge in [0.15, 0.2) is 0 Å². The molecule has 1 saturated heterocycles. The first-order chi connectivity index (χ1) is 14.5. The van der Waals surface area contributed by atoms with Crippen LogP contribution in [-0.2, 0) is 12.6 Å². The highest BCUT2D eigenvalue weighted by Gasteiger charge is 2.31. The molecule has 31 heavy (non-hydrogen) atoms. The molecule has 1 aliphatic heterocycles. The van der Waals surface area contributed by atoms with Crippen LogP contribution in [0, 0.1) is 26.1 Å². The van der Waals surface area contributed by atoms with Crippen LogP contribution in [-0.4, -0.2) is 33.7 Å². The van der Waals surface area contributed by atoms with Gasteiger partial charge in [-0.15, -0.1) is 0 Å². The van der Waals surface area contributed by atoms with Crippen molar-refractivity contribution in [2.75, 3.05) is 13.1 Å². The van der Waals surface area contributed by atoms with Crippen LogP contribution < -0.4 is 0 Å². The number of alkyl halides is 3. The third-order valence-electron chi connectivity index (χ3n) is 5.24. The maximum absolute atomic E-state index is 12.8. The predicted molar refractivity (Wildman–Crippen MR) is 104 cm³/mol. The van der Waals surface area contributed by atoms with E-state index >= 15 is 0 Å². The number of rotatable bonds is 6. The summed E-state index contributed by atoms with van der Waals surface area (Å²) in [6.45, 7) is 0.691. The number of nitro benzene ring substituents is 2. The van der Waals surface area contributed by atoms with Gasteiger partial charge in [-0.05, 0) is 36.8 Å². The number of carbonyl (C=O) groups excluding carboxylic acids is 1. The topological polar surface area (TPSA) is 107 Å². The first-order valence-corrected chi connectivity index (χ1v) is 9.44. The molecule has 0 N–H and O–H groups in total. The van der Waals surface area contributed by atoms with E-state index in [0.29, 0.717) is 37.9 Å². The van der Waals surface area contributed by atoms with Gasteiger partial charge in [-0.2, -0.15) is 13.2 Å². The van der Waals surface area contributed by atoms with Crippen LogP contribution >= 0.6 is 0 Å². The summed E-state index contributed by atoms with van der Waals surface area (Å²) in [6, 6.07) is 7.90. The monoisotopic (exact) mass is 437 g/mol. The maximum Gasteiger partial charge on any atom is 0.416 e. The van der Waals surface area contributed by atoms with Gasteiger partial charge in [0.05, 0.1) is 27.0 Å². The average molecular weight is 437 g/mol. The van der Waals surface area contributed by atoms with Crippen LogP contribution in [0.15, 0.2) is 42.5 Å². The molecule has 2 aromatic rings. The molecule has 11 heteroatoms. The van der Waals surface area contributed by atoms with Crippen molar-refractivity contribution >= 4 is 17.3 Å². The van der Waals surface area contributed by atoms with E-state index in [2.05, 4.69) is 0 Å². The van der Waals surface area contributed by atoms with E-state index in [-0.39, 0.29) is 11.5 Å². The van der Waals surface area contributed by atoms with Gasteiger partial charge >= 0.3 is 6.18 Å². The normalized spacial score (nSPS) is 16.4. The largest absolute Gasteiger partial charge is 0.416 e. The quantitative estimate of drug-likeness (QED) is 0.484. The molecule has 1 fully saturated rings. The van der Waals surface area contributed by atoms with Gasteiger partial charge in [0.25, 0.3) is 17.3 Å². The minimum Gasteiger partial charge on any atom is -0.338 e. The summed E-state index contributed by atoms with van der Waals surface area (Å²) in [7, 11) is 0. The van der Waals surface area contributed by atoms with Crippen LogP contribution in [0.4, 0.5) is 24.5 Å². The lowest BCUT2D eigenvalue weighted by atomic mass is 9.98. The molecule has 1 heterocycles. The third-order valence-corrected chi connectivity index (χ3v) is 5.24. The second-order valence-electron chi connectivity index (χ2n) is 7.39. The molecule has 0 saturated carbocycles. The number of hydrogen-bond acceptors (Lipinski definition) is 5. The fourth-order valence-electron chi connectivity index (χ4n) is 3.64. The summed E-state index contributed by atoms with van der Waals surface area (Å²) < 4.78 is 38.5. The SMILES string of the molecule is O=C(c1cc([N+](=O)[O-])cc([N+](=O)[O-])c1)N1CC[C@@H](CCc2cccc(C(F)(F)F)c2)C1. The second kappa shape index (κ2) is 8.70. The Kier molecular flexibility index (Phi) is 6.23. The zero-order valence-electron chi connectivity index (χ0n) is 16.2. The molecule has 0 bridgehead atoms. The Morgan fingerprint density at radius 3 is 2.29 bits per heavy atom. The van der Waals surface area contributed by atoms with Gasteiger partial charge in [0.1, 0.15) is 0 Å². The number of carbonyl (C=O) groups is 1. The van der Waals surface area contributed by atoms with Crippen molar-refractivity contribution in [2.45, 2.75) is 25.4 Å². The molecule has 8 nitrogen and oxygen atoms in total. The summed E-state index contributed by atoms with van der Waals surface area (Å²) in [4.78, 5) is 34.6. The van der Waals surface area contributed by atoms with Crippen LogP contribution in [0.2, 0.25) is 0 Å². The minimum absolute atomic E-state index is 0.0483. The summed E-state index contributed by atoms with van der Waals surface area (Å²) in [5.74, 6) is -0.499. The number of nitrogens with zero attached hydrogens (tertiary/aromatic N) is 3. The smallest absolute Gasteiger partial charge is 0.338 e. The fourth-order valence-corrected chi connectivity index (χ4v) is 3.64. The molecular formula is C20H18F3N3O5. The van der Waals surface area contributed by atoms with Gasteiger partial charge in [-0.3, -0.25) is 25.0 Å². The molecule has 0 aliphatic carbocycles. The summed E-state index contributed by atoms with van der Waals surface area (Å²) in [5, 5.41) is 22.0. The van der Waals surface area contributed by atoms with E-state index < -0.39 is 38.9 Å². The average Bonchev–Trinajstić information content (AvgIpc) is 3.20. The lowest BCUT2D eigenvalue weighted by molar-refractivity contribution is -0.394. The molecule has 3 rings (SSSR count). The van der Waals surface area contributed by atoms with E-state index in [4.69, 9.17) is 0 Å². The zero-order chi connectivity index (χ0) is 22.8. The first kappa shape index (κ1) is 22.2. The van der Waals surface area contributed by atoms with Crippen molar-refractivity contribution < 1.29 is 27.8 Å². The van der Waals surface area contributed by atoms with E-state index in [1.165, 1.54) is 11.0 Å². The minimum atomic E-state index is -4.41. The van der Waals surface area contributed by atoms with Gasteiger partial charge < -0.3 is 4.90 Å². The van der Waals surface area contributed by atoms with E-state index in [9.17, 15) is 38.2 Å². The van der Waals surface area contributed by atoms with Crippen LogP contribution in [0.3, 0.4) is 0 Å². The number of non-ortho nitro benzene ring substituents is 2. The Morgan fingerprint density at radius 1 is 1.06 bits per heavy atom. The van der Waals surface area contributed by atoms with E-state index in [0.717, 1.165) is 30.3 Å². The van der Waals surface area contributed by atoms with Crippen molar-refractivity contribution in [3.63, 3.8) is 0 Å². The molecule has 1 aliphatic rings. The van der Waals surface area contributed by atoms with Crippen molar-refractivity contribution in [1.82, 2.24) is 4.90 Å². The standard InChI is InChI=1S/C20H18F3N3O5/c21-20(22,23)16-3-1-2-13(8-16)4-5-14-6-7-24(12-14)19(27)15-9-17(25(28)29)11-18(10-15)26(30)31/h1-3,8-11,14H,4-7,12H2/t14-/m1/s1. The van der Waals surface area contributed by atoms with Crippen LogP contribution in [0.1, 0.15) is 34.3 Å². The number of amides is 1. The van der Waals surface area contributed by atoms with Crippen molar-refractivity contribution in [3.8, 4) is 0 Å². The van der Waals surface area contributed by atoms with Crippen LogP contribution in [0.25, 0.3) is 0 Å². The lowest BCUT2D eigenvalue weighted by Gasteiger charge is -2.17. The van der Waals surface area contributed by atoms with Crippen molar-refractivity contribution in [1.29, 1.82) is 0 Å². The molecular weight excluding hydrogens is 419 g/mol. The number of nitro groups is 2. The number of aryl methyl sites for hydroxylation is 1. The van der Waals surface area contributed by atoms with Gasteiger partial charge in [0, 0.05) is 25.2 Å². The van der Waals surface area contributed by atoms with Gasteiger partial charge in [-0.1, -0.05) is 18.2 Å². The number of hydrogen-bond donors (Lipinski definition) is 0. The lowest BCUT2D eigenvalue weighted by Crippen LogP contribution is -2.28. The number of halogens is 3. The molecule has 2 aromatic carbocycles. The highest BCUT2D eigenvalue weighted by atomic mass is 19.4. The summed E-state index contributed by atoms with van der Waals surface area (Å²) in [6.07, 6.45) is -2.80. The number of benzene rings is 2. The molecule has 0 unspecified atom stereocenters. The van der Waals surface area contributed by atoms with Crippen molar-refractivity contribution in [3.05, 3.63) is 79.4 Å². The first-order valence-electron chi connectivity index (χ1n) is 9.44. The summed E-state index contributed by atoms with van der Waals surface area (Å²) >= 11 is 0. The van der Waals surface area contributed by atoms with Crippen LogP contribution in [0.5, 0.6) is 0 Å². The Labute approximate surface area is 174 Å². The zero-order valence-corrected chi connectivity index (χ0v) is 16.2. The molecule has 1 amide bonds. The Bertz CT molecular complexity index is 993. The second-order valence-corrected chi connectivity index (χ2v) is 7.39. The van der Waals surface area contributed by atoms with E-state index in [1.54, 1.807) is 6.07 Å².